The molecule has 0 saturated heterocycles. The van der Waals surface area contributed by atoms with E-state index in [0.29, 0.717) is 5.69 Å². The van der Waals surface area contributed by atoms with Gasteiger partial charge in [0, 0.05) is 11.8 Å². The lowest BCUT2D eigenvalue weighted by atomic mass is 10.2. The highest BCUT2D eigenvalue weighted by molar-refractivity contribution is 5.96. The molecule has 0 aliphatic heterocycles. The fraction of sp³-hybridized carbons (Fsp3) is 0.200. The topological polar surface area (TPSA) is 64.6 Å². The summed E-state index contributed by atoms with van der Waals surface area (Å²) in [6.45, 7) is 3.49. The molecule has 1 amide bonds. The number of rotatable bonds is 6. The number of carbonyl (C=O) groups is 2. The summed E-state index contributed by atoms with van der Waals surface area (Å²) in [6.07, 6.45) is 2.01. The maximum absolute atomic E-state index is 12.1. The van der Waals surface area contributed by atoms with Gasteiger partial charge in [0.05, 0.1) is 7.11 Å². The minimum atomic E-state index is -0.894. The molecule has 1 unspecified atom stereocenters. The molecule has 5 heteroatoms. The van der Waals surface area contributed by atoms with Gasteiger partial charge in [-0.3, -0.25) is 4.79 Å². The van der Waals surface area contributed by atoms with Crippen molar-refractivity contribution in [2.75, 3.05) is 12.4 Å². The van der Waals surface area contributed by atoms with Gasteiger partial charge in [-0.15, -0.1) is 0 Å². The standard InChI is InChI=1S/C20H21NO4/c1-14-4-9-17(10-5-14)21-20(23)15(2)25-19(22)13-8-16-6-11-18(24-3)12-7-16/h4-13,15H,1-3H3,(H,21,23)/b13-8+. The smallest absolute Gasteiger partial charge is 0.331 e. The van der Waals surface area contributed by atoms with Gasteiger partial charge < -0.3 is 14.8 Å². The van der Waals surface area contributed by atoms with Crippen molar-refractivity contribution in [1.82, 2.24) is 0 Å². The van der Waals surface area contributed by atoms with Gasteiger partial charge >= 0.3 is 5.97 Å². The molecule has 25 heavy (non-hydrogen) atoms. The Morgan fingerprint density at radius 2 is 1.68 bits per heavy atom. The first kappa shape index (κ1) is 18.3. The molecule has 1 atom stereocenters. The highest BCUT2D eigenvalue weighted by atomic mass is 16.5. The van der Waals surface area contributed by atoms with E-state index in [-0.39, 0.29) is 5.91 Å². The number of methoxy groups -OCH3 is 1. The predicted octanol–water partition coefficient (Wildman–Crippen LogP) is 3.59. The third kappa shape index (κ3) is 5.80. The van der Waals surface area contributed by atoms with Crippen molar-refractivity contribution < 1.29 is 19.1 Å². The minimum absolute atomic E-state index is 0.380. The number of nitrogens with one attached hydrogen (secondary N) is 1. The van der Waals surface area contributed by atoms with Crippen LogP contribution in [0.5, 0.6) is 5.75 Å². The second kappa shape index (κ2) is 8.68. The first-order valence-electron chi connectivity index (χ1n) is 7.88. The van der Waals surface area contributed by atoms with Crippen LogP contribution in [-0.4, -0.2) is 25.1 Å². The zero-order valence-corrected chi connectivity index (χ0v) is 14.5. The molecule has 0 spiro atoms. The third-order valence-corrected chi connectivity index (χ3v) is 3.51. The molecule has 0 heterocycles. The van der Waals surface area contributed by atoms with Gasteiger partial charge in [0.2, 0.25) is 0 Å². The summed E-state index contributed by atoms with van der Waals surface area (Å²) in [6, 6.07) is 14.6. The van der Waals surface area contributed by atoms with Crippen LogP contribution in [0.2, 0.25) is 0 Å². The van der Waals surface area contributed by atoms with Crippen LogP contribution in [0.25, 0.3) is 6.08 Å². The van der Waals surface area contributed by atoms with Crippen LogP contribution < -0.4 is 10.1 Å². The van der Waals surface area contributed by atoms with E-state index in [1.54, 1.807) is 37.5 Å². The van der Waals surface area contributed by atoms with Crippen molar-refractivity contribution in [3.63, 3.8) is 0 Å². The van der Waals surface area contributed by atoms with Gasteiger partial charge in [-0.05, 0) is 49.8 Å². The summed E-state index contributed by atoms with van der Waals surface area (Å²) in [4.78, 5) is 23.9. The van der Waals surface area contributed by atoms with Gasteiger partial charge in [-0.25, -0.2) is 4.79 Å². The van der Waals surface area contributed by atoms with Crippen molar-refractivity contribution in [3.05, 3.63) is 65.7 Å². The predicted molar refractivity (Wildman–Crippen MR) is 97.4 cm³/mol. The number of benzene rings is 2. The molecule has 130 valence electrons. The average molecular weight is 339 g/mol. The Morgan fingerprint density at radius 3 is 2.28 bits per heavy atom. The fourth-order valence-corrected chi connectivity index (χ4v) is 2.03. The number of aryl methyl sites for hydroxylation is 1. The Labute approximate surface area is 147 Å². The molecule has 2 rings (SSSR count). The second-order valence-electron chi connectivity index (χ2n) is 5.54. The monoisotopic (exact) mass is 339 g/mol. The van der Waals surface area contributed by atoms with Gasteiger partial charge in [0.15, 0.2) is 6.10 Å². The number of carbonyl (C=O) groups excluding carboxylic acids is 2. The number of anilines is 1. The van der Waals surface area contributed by atoms with Gasteiger partial charge in [0.25, 0.3) is 5.91 Å². The molecule has 2 aromatic rings. The van der Waals surface area contributed by atoms with E-state index in [4.69, 9.17) is 9.47 Å². The van der Waals surface area contributed by atoms with Crippen molar-refractivity contribution in [3.8, 4) is 5.75 Å². The number of esters is 1. The van der Waals surface area contributed by atoms with Crippen LogP contribution in [0.1, 0.15) is 18.1 Å². The summed E-state index contributed by atoms with van der Waals surface area (Å²) < 4.78 is 10.2. The van der Waals surface area contributed by atoms with Crippen LogP contribution >= 0.6 is 0 Å². The Bertz CT molecular complexity index is 748. The lowest BCUT2D eigenvalue weighted by Gasteiger charge is -2.12. The Balaban J connectivity index is 1.86. The van der Waals surface area contributed by atoms with Crippen LogP contribution in [0.3, 0.4) is 0 Å². The van der Waals surface area contributed by atoms with Crippen molar-refractivity contribution in [1.29, 1.82) is 0 Å². The van der Waals surface area contributed by atoms with Gasteiger partial charge in [-0.2, -0.15) is 0 Å². The molecule has 0 bridgehead atoms. The zero-order chi connectivity index (χ0) is 18.2. The van der Waals surface area contributed by atoms with Gasteiger partial charge in [-0.1, -0.05) is 29.8 Å². The molecule has 0 radical (unpaired) electrons. The van der Waals surface area contributed by atoms with Crippen LogP contribution in [0, 0.1) is 6.92 Å². The van der Waals surface area contributed by atoms with Gasteiger partial charge in [0.1, 0.15) is 5.75 Å². The lowest BCUT2D eigenvalue weighted by molar-refractivity contribution is -0.148. The van der Waals surface area contributed by atoms with Crippen LogP contribution in [-0.2, 0) is 14.3 Å². The van der Waals surface area contributed by atoms with E-state index >= 15 is 0 Å². The Morgan fingerprint density at radius 1 is 1.04 bits per heavy atom. The first-order valence-corrected chi connectivity index (χ1v) is 7.88. The molecule has 2 aromatic carbocycles. The molecule has 5 nitrogen and oxygen atoms in total. The highest BCUT2D eigenvalue weighted by Gasteiger charge is 2.16. The van der Waals surface area contributed by atoms with Crippen molar-refractivity contribution >= 4 is 23.6 Å². The molecule has 0 aliphatic carbocycles. The lowest BCUT2D eigenvalue weighted by Crippen LogP contribution is -2.29. The molecular formula is C20H21NO4. The number of amides is 1. The van der Waals surface area contributed by atoms with Crippen molar-refractivity contribution in [2.24, 2.45) is 0 Å². The summed E-state index contributed by atoms with van der Waals surface area (Å²) in [5.41, 5.74) is 2.59. The van der Waals surface area contributed by atoms with E-state index in [1.807, 2.05) is 31.2 Å². The van der Waals surface area contributed by atoms with Crippen LogP contribution in [0.4, 0.5) is 5.69 Å². The molecule has 1 N–H and O–H groups in total. The number of hydrogen-bond donors (Lipinski definition) is 1. The maximum atomic E-state index is 12.1. The largest absolute Gasteiger partial charge is 0.497 e. The second-order valence-corrected chi connectivity index (χ2v) is 5.54. The SMILES string of the molecule is COc1ccc(/C=C/C(=O)OC(C)C(=O)Nc2ccc(C)cc2)cc1. The van der Waals surface area contributed by atoms with E-state index in [2.05, 4.69) is 5.32 Å². The maximum Gasteiger partial charge on any atom is 0.331 e. The third-order valence-electron chi connectivity index (χ3n) is 3.51. The summed E-state index contributed by atoms with van der Waals surface area (Å²) in [5.74, 6) is -0.224. The van der Waals surface area contributed by atoms with E-state index in [0.717, 1.165) is 16.9 Å². The van der Waals surface area contributed by atoms with E-state index in [1.165, 1.54) is 13.0 Å². The fourth-order valence-electron chi connectivity index (χ4n) is 2.03. The first-order chi connectivity index (χ1) is 12.0. The van der Waals surface area contributed by atoms with E-state index < -0.39 is 12.1 Å². The van der Waals surface area contributed by atoms with E-state index in [9.17, 15) is 9.59 Å². The molecule has 0 aromatic heterocycles. The normalized spacial score (nSPS) is 11.8. The minimum Gasteiger partial charge on any atom is -0.497 e. The average Bonchev–Trinajstić information content (AvgIpc) is 2.62. The quantitative estimate of drug-likeness (QED) is 0.645. The molecular weight excluding hydrogens is 318 g/mol. The van der Waals surface area contributed by atoms with Crippen molar-refractivity contribution in [2.45, 2.75) is 20.0 Å². The number of hydrogen-bond acceptors (Lipinski definition) is 4. The molecule has 0 fully saturated rings. The Hall–Kier alpha value is -3.08. The molecule has 0 aliphatic rings. The summed E-state index contributed by atoms with van der Waals surface area (Å²) in [7, 11) is 1.59. The summed E-state index contributed by atoms with van der Waals surface area (Å²) >= 11 is 0. The van der Waals surface area contributed by atoms with Crippen LogP contribution in [0.15, 0.2) is 54.6 Å². The Kier molecular flexibility index (Phi) is 6.34. The highest BCUT2D eigenvalue weighted by Crippen LogP contribution is 2.13. The number of ether oxygens (including phenoxy) is 2. The summed E-state index contributed by atoms with van der Waals surface area (Å²) in [5, 5.41) is 2.71. The zero-order valence-electron chi connectivity index (χ0n) is 14.5. The molecule has 0 saturated carbocycles.